The van der Waals surface area contributed by atoms with Crippen molar-refractivity contribution in [1.29, 1.82) is 0 Å². The number of ether oxygens (including phenoxy) is 1. The molecule has 1 atom stereocenters. The normalized spacial score (nSPS) is 22.6. The van der Waals surface area contributed by atoms with E-state index < -0.39 is 0 Å². The highest BCUT2D eigenvalue weighted by atomic mass is 35.5. The van der Waals surface area contributed by atoms with E-state index in [1.807, 2.05) is 4.90 Å². The van der Waals surface area contributed by atoms with E-state index in [9.17, 15) is 4.79 Å². The van der Waals surface area contributed by atoms with E-state index in [2.05, 4.69) is 4.98 Å². The molecule has 1 amide bonds. The number of rotatable bonds is 4. The Bertz CT molecular complexity index is 476. The van der Waals surface area contributed by atoms with Crippen LogP contribution < -0.4 is 4.74 Å². The predicted molar refractivity (Wildman–Crippen MR) is 72.2 cm³/mol. The van der Waals surface area contributed by atoms with Gasteiger partial charge in [-0.2, -0.15) is 0 Å². The minimum absolute atomic E-state index is 0.0445. The third-order valence-corrected chi connectivity index (χ3v) is 3.97. The summed E-state index contributed by atoms with van der Waals surface area (Å²) >= 11 is 6.01. The van der Waals surface area contributed by atoms with Crippen molar-refractivity contribution >= 4 is 17.5 Å². The van der Waals surface area contributed by atoms with Crippen LogP contribution in [0.3, 0.4) is 0 Å². The van der Waals surface area contributed by atoms with Gasteiger partial charge in [0.05, 0.1) is 6.54 Å². The molecule has 2 fully saturated rings. The van der Waals surface area contributed by atoms with Gasteiger partial charge >= 0.3 is 0 Å². The van der Waals surface area contributed by atoms with Gasteiger partial charge in [0.15, 0.2) is 0 Å². The van der Waals surface area contributed by atoms with Gasteiger partial charge < -0.3 is 9.64 Å². The Morgan fingerprint density at radius 1 is 1.47 bits per heavy atom. The molecule has 5 heteroatoms. The second-order valence-corrected chi connectivity index (χ2v) is 5.73. The third-order valence-electron chi connectivity index (χ3n) is 3.69. The summed E-state index contributed by atoms with van der Waals surface area (Å²) in [5.41, 5.74) is 0. The van der Waals surface area contributed by atoms with E-state index >= 15 is 0 Å². The van der Waals surface area contributed by atoms with Crippen molar-refractivity contribution in [1.82, 2.24) is 9.88 Å². The van der Waals surface area contributed by atoms with Gasteiger partial charge in [-0.1, -0.05) is 11.6 Å². The summed E-state index contributed by atoms with van der Waals surface area (Å²) in [5, 5.41) is 0.519. The lowest BCUT2D eigenvalue weighted by atomic mass is 10.2. The van der Waals surface area contributed by atoms with Crippen molar-refractivity contribution < 1.29 is 9.53 Å². The Morgan fingerprint density at radius 2 is 2.32 bits per heavy atom. The van der Waals surface area contributed by atoms with Gasteiger partial charge in [0.2, 0.25) is 5.91 Å². The van der Waals surface area contributed by atoms with Gasteiger partial charge in [0.1, 0.15) is 16.9 Å². The SMILES string of the molecule is O=C(CC1CC1)N1CCC(Oc2ccncc2Cl)C1. The molecule has 0 aromatic carbocycles. The molecule has 1 saturated heterocycles. The van der Waals surface area contributed by atoms with Crippen molar-refractivity contribution in [3.05, 3.63) is 23.5 Å². The van der Waals surface area contributed by atoms with Crippen LogP contribution in [0.1, 0.15) is 25.7 Å². The summed E-state index contributed by atoms with van der Waals surface area (Å²) in [5.74, 6) is 1.56. The second kappa shape index (κ2) is 5.37. The minimum atomic E-state index is 0.0445. The van der Waals surface area contributed by atoms with Crippen LogP contribution in [0.2, 0.25) is 5.02 Å². The molecule has 0 bridgehead atoms. The zero-order chi connectivity index (χ0) is 13.2. The van der Waals surface area contributed by atoms with Crippen LogP contribution in [-0.2, 0) is 4.79 Å². The predicted octanol–water partition coefficient (Wildman–Crippen LogP) is 2.51. The smallest absolute Gasteiger partial charge is 0.222 e. The summed E-state index contributed by atoms with van der Waals surface area (Å²) in [7, 11) is 0. The van der Waals surface area contributed by atoms with Crippen LogP contribution in [0.4, 0.5) is 0 Å². The first-order valence-corrected chi connectivity index (χ1v) is 7.14. The lowest BCUT2D eigenvalue weighted by Gasteiger charge is -2.17. The molecule has 1 aromatic rings. The average molecular weight is 281 g/mol. The highest BCUT2D eigenvalue weighted by Gasteiger charge is 2.31. The van der Waals surface area contributed by atoms with Crippen LogP contribution in [0, 0.1) is 5.92 Å². The molecule has 2 heterocycles. The molecule has 0 N–H and O–H groups in total. The molecule has 1 saturated carbocycles. The molecule has 0 radical (unpaired) electrons. The first-order chi connectivity index (χ1) is 9.22. The summed E-state index contributed by atoms with van der Waals surface area (Å²) in [6.45, 7) is 1.46. The van der Waals surface area contributed by atoms with Crippen molar-refractivity contribution in [2.24, 2.45) is 5.92 Å². The van der Waals surface area contributed by atoms with Crippen molar-refractivity contribution in [3.63, 3.8) is 0 Å². The fourth-order valence-electron chi connectivity index (χ4n) is 2.39. The quantitative estimate of drug-likeness (QED) is 0.851. The lowest BCUT2D eigenvalue weighted by Crippen LogP contribution is -2.31. The van der Waals surface area contributed by atoms with E-state index in [0.29, 0.717) is 29.7 Å². The number of aromatic nitrogens is 1. The average Bonchev–Trinajstić information content (AvgIpc) is 3.08. The first kappa shape index (κ1) is 12.7. The van der Waals surface area contributed by atoms with Crippen LogP contribution in [0.15, 0.2) is 18.5 Å². The minimum Gasteiger partial charge on any atom is -0.487 e. The van der Waals surface area contributed by atoms with E-state index in [-0.39, 0.29) is 12.0 Å². The number of halogens is 1. The second-order valence-electron chi connectivity index (χ2n) is 5.32. The van der Waals surface area contributed by atoms with E-state index in [4.69, 9.17) is 16.3 Å². The molecular weight excluding hydrogens is 264 g/mol. The molecular formula is C14H17ClN2O2. The van der Waals surface area contributed by atoms with Crippen LogP contribution in [0.25, 0.3) is 0 Å². The van der Waals surface area contributed by atoms with Gasteiger partial charge in [-0.25, -0.2) is 0 Å². The Labute approximate surface area is 117 Å². The molecule has 1 unspecified atom stereocenters. The topological polar surface area (TPSA) is 42.4 Å². The molecule has 4 nitrogen and oxygen atoms in total. The summed E-state index contributed by atoms with van der Waals surface area (Å²) in [6.07, 6.45) is 7.28. The monoisotopic (exact) mass is 280 g/mol. The number of carbonyl (C=O) groups is 1. The Kier molecular flexibility index (Phi) is 3.60. The Hall–Kier alpha value is -1.29. The van der Waals surface area contributed by atoms with Crippen LogP contribution in [-0.4, -0.2) is 35.0 Å². The zero-order valence-corrected chi connectivity index (χ0v) is 11.5. The summed E-state index contributed by atoms with van der Waals surface area (Å²) < 4.78 is 5.84. The maximum absolute atomic E-state index is 12.0. The number of hydrogen-bond acceptors (Lipinski definition) is 3. The Morgan fingerprint density at radius 3 is 3.05 bits per heavy atom. The summed E-state index contributed by atoms with van der Waals surface area (Å²) in [4.78, 5) is 17.8. The standard InChI is InChI=1S/C14H17ClN2O2/c15-12-8-16-5-3-13(12)19-11-4-6-17(9-11)14(18)7-10-1-2-10/h3,5,8,10-11H,1-2,4,6-7,9H2. The van der Waals surface area contributed by atoms with Crippen LogP contribution in [0.5, 0.6) is 5.75 Å². The van der Waals surface area contributed by atoms with Gasteiger partial charge in [-0.15, -0.1) is 0 Å². The van der Waals surface area contributed by atoms with E-state index in [0.717, 1.165) is 13.0 Å². The molecule has 1 aliphatic carbocycles. The van der Waals surface area contributed by atoms with Crippen molar-refractivity contribution in [2.45, 2.75) is 31.8 Å². The third kappa shape index (κ3) is 3.18. The molecule has 0 spiro atoms. The Balaban J connectivity index is 1.54. The number of hydrogen-bond donors (Lipinski definition) is 0. The number of carbonyl (C=O) groups excluding carboxylic acids is 1. The van der Waals surface area contributed by atoms with Gasteiger partial charge in [-0.3, -0.25) is 9.78 Å². The molecule has 2 aliphatic rings. The largest absolute Gasteiger partial charge is 0.487 e. The number of pyridine rings is 1. The fraction of sp³-hybridized carbons (Fsp3) is 0.571. The summed E-state index contributed by atoms with van der Waals surface area (Å²) in [6, 6.07) is 1.76. The number of amides is 1. The van der Waals surface area contributed by atoms with Gasteiger partial charge in [-0.05, 0) is 18.8 Å². The number of likely N-dealkylation sites (tertiary alicyclic amines) is 1. The molecule has 1 aromatic heterocycles. The molecule has 102 valence electrons. The molecule has 19 heavy (non-hydrogen) atoms. The van der Waals surface area contributed by atoms with E-state index in [1.54, 1.807) is 18.5 Å². The maximum atomic E-state index is 12.0. The van der Waals surface area contributed by atoms with Crippen molar-refractivity contribution in [2.75, 3.05) is 13.1 Å². The highest BCUT2D eigenvalue weighted by Crippen LogP contribution is 2.33. The number of nitrogens with zero attached hydrogens (tertiary/aromatic N) is 2. The maximum Gasteiger partial charge on any atom is 0.222 e. The molecule has 3 rings (SSSR count). The van der Waals surface area contributed by atoms with Crippen LogP contribution >= 0.6 is 11.6 Å². The lowest BCUT2D eigenvalue weighted by molar-refractivity contribution is -0.130. The zero-order valence-electron chi connectivity index (χ0n) is 10.7. The van der Waals surface area contributed by atoms with Gasteiger partial charge in [0, 0.05) is 37.8 Å². The van der Waals surface area contributed by atoms with Gasteiger partial charge in [0.25, 0.3) is 0 Å². The van der Waals surface area contributed by atoms with E-state index in [1.165, 1.54) is 12.8 Å². The highest BCUT2D eigenvalue weighted by molar-refractivity contribution is 6.31. The van der Waals surface area contributed by atoms with Crippen molar-refractivity contribution in [3.8, 4) is 5.75 Å². The fourth-order valence-corrected chi connectivity index (χ4v) is 2.55. The first-order valence-electron chi connectivity index (χ1n) is 6.76. The molecule has 1 aliphatic heterocycles.